The van der Waals surface area contributed by atoms with Gasteiger partial charge in [-0.05, 0) is 6.42 Å². The van der Waals surface area contributed by atoms with Crippen LogP contribution in [0.5, 0.6) is 0 Å². The third kappa shape index (κ3) is 2.21. The second-order valence-corrected chi connectivity index (χ2v) is 6.51. The third-order valence-electron chi connectivity index (χ3n) is 5.07. The van der Waals surface area contributed by atoms with Gasteiger partial charge in [0.25, 0.3) is 0 Å². The Morgan fingerprint density at radius 1 is 1.40 bits per heavy atom. The number of guanidine groups is 2. The molecule has 5 atom stereocenters. The van der Waals surface area contributed by atoms with Crippen molar-refractivity contribution in [2.75, 3.05) is 6.61 Å². The maximum absolute atomic E-state index is 10.9. The Labute approximate surface area is 143 Å². The molecule has 3 saturated heterocycles. The summed E-state index contributed by atoms with van der Waals surface area (Å²) in [5, 5.41) is 56.5. The molecule has 10 N–H and O–H groups in total. The van der Waals surface area contributed by atoms with E-state index in [1.807, 2.05) is 6.92 Å². The first kappa shape index (κ1) is 17.5. The standard InChI is InChI=1S/C13H23N7O5/c1-2-3-6-8(21)13(23,24)12-7(18-9(14)19-12)5(4-25-11(16)22)17-10(15)20(6)12/h5-8,21,23-24H,2-4H2,1H3,(H2,15,17)(H2,16,22)(H3,14,18,19)/t5-,6-,7?,8+,12?/m0/s1. The van der Waals surface area contributed by atoms with E-state index >= 15 is 0 Å². The second kappa shape index (κ2) is 5.61. The van der Waals surface area contributed by atoms with Crippen molar-refractivity contribution in [3.8, 4) is 0 Å². The molecule has 0 aliphatic carbocycles. The summed E-state index contributed by atoms with van der Waals surface area (Å²) >= 11 is 0. The molecular weight excluding hydrogens is 334 g/mol. The number of rotatable bonds is 4. The van der Waals surface area contributed by atoms with E-state index in [1.165, 1.54) is 4.90 Å². The smallest absolute Gasteiger partial charge is 0.404 e. The zero-order valence-electron chi connectivity index (χ0n) is 13.6. The summed E-state index contributed by atoms with van der Waals surface area (Å²) in [6.07, 6.45) is -1.55. The van der Waals surface area contributed by atoms with E-state index in [1.54, 1.807) is 0 Å². The van der Waals surface area contributed by atoms with Gasteiger partial charge in [-0.25, -0.2) is 4.79 Å². The van der Waals surface area contributed by atoms with Crippen LogP contribution in [-0.2, 0) is 4.74 Å². The van der Waals surface area contributed by atoms with Crippen LogP contribution in [0.3, 0.4) is 0 Å². The van der Waals surface area contributed by atoms with Crippen molar-refractivity contribution in [3.63, 3.8) is 0 Å². The van der Waals surface area contributed by atoms with Gasteiger partial charge < -0.3 is 46.6 Å². The van der Waals surface area contributed by atoms with Crippen LogP contribution in [0.1, 0.15) is 19.8 Å². The first-order valence-corrected chi connectivity index (χ1v) is 7.99. The maximum Gasteiger partial charge on any atom is 0.404 e. The van der Waals surface area contributed by atoms with Crippen LogP contribution < -0.4 is 21.7 Å². The second-order valence-electron chi connectivity index (χ2n) is 6.51. The summed E-state index contributed by atoms with van der Waals surface area (Å²) in [6, 6.07) is -2.42. The SMILES string of the molecule is CCC[C@H]1[C@@H](O)C(O)(O)C23NC(=N)NC2[C@H](COC(N)=O)NC(=N)N13. The summed E-state index contributed by atoms with van der Waals surface area (Å²) < 4.78 is 4.78. The molecule has 3 aliphatic heterocycles. The van der Waals surface area contributed by atoms with E-state index in [2.05, 4.69) is 16.0 Å². The predicted molar refractivity (Wildman–Crippen MR) is 84.4 cm³/mol. The number of nitrogens with two attached hydrogens (primary N) is 1. The fourth-order valence-electron chi connectivity index (χ4n) is 4.12. The molecule has 12 heteroatoms. The van der Waals surface area contributed by atoms with Crippen LogP contribution in [0.15, 0.2) is 0 Å². The monoisotopic (exact) mass is 357 g/mol. The Hall–Kier alpha value is -2.31. The van der Waals surface area contributed by atoms with Crippen molar-refractivity contribution in [2.45, 2.75) is 55.4 Å². The minimum absolute atomic E-state index is 0.180. The number of primary amides is 1. The van der Waals surface area contributed by atoms with Gasteiger partial charge in [-0.2, -0.15) is 0 Å². The van der Waals surface area contributed by atoms with Gasteiger partial charge in [0, 0.05) is 0 Å². The van der Waals surface area contributed by atoms with Crippen molar-refractivity contribution in [1.82, 2.24) is 20.9 Å². The molecule has 3 heterocycles. The largest absolute Gasteiger partial charge is 0.447 e. The van der Waals surface area contributed by atoms with Gasteiger partial charge in [0.2, 0.25) is 5.79 Å². The van der Waals surface area contributed by atoms with Gasteiger partial charge >= 0.3 is 6.09 Å². The molecule has 0 aromatic rings. The van der Waals surface area contributed by atoms with Gasteiger partial charge in [-0.1, -0.05) is 13.3 Å². The highest BCUT2D eigenvalue weighted by Gasteiger charge is 2.76. The van der Waals surface area contributed by atoms with Crippen molar-refractivity contribution >= 4 is 18.0 Å². The average Bonchev–Trinajstić information content (AvgIpc) is 2.95. The van der Waals surface area contributed by atoms with E-state index in [0.717, 1.165) is 0 Å². The number of aliphatic hydroxyl groups is 3. The van der Waals surface area contributed by atoms with Crippen molar-refractivity contribution < 1.29 is 24.9 Å². The molecule has 3 rings (SSSR count). The van der Waals surface area contributed by atoms with Gasteiger partial charge in [-0.3, -0.25) is 10.8 Å². The lowest BCUT2D eigenvalue weighted by Crippen LogP contribution is -2.81. The summed E-state index contributed by atoms with van der Waals surface area (Å²) in [6.45, 7) is 1.61. The molecule has 140 valence electrons. The van der Waals surface area contributed by atoms with Crippen molar-refractivity contribution in [2.24, 2.45) is 5.73 Å². The fraction of sp³-hybridized carbons (Fsp3) is 0.769. The Kier molecular flexibility index (Phi) is 3.93. The number of nitrogens with one attached hydrogen (secondary N) is 5. The van der Waals surface area contributed by atoms with Gasteiger partial charge in [0.1, 0.15) is 12.7 Å². The molecule has 1 spiro atoms. The zero-order valence-corrected chi connectivity index (χ0v) is 13.6. The van der Waals surface area contributed by atoms with Crippen molar-refractivity contribution in [1.29, 1.82) is 10.8 Å². The zero-order chi connectivity index (χ0) is 18.6. The number of nitrogens with zero attached hydrogens (tertiary/aromatic N) is 1. The van der Waals surface area contributed by atoms with Crippen LogP contribution in [0, 0.1) is 10.8 Å². The fourth-order valence-corrected chi connectivity index (χ4v) is 4.12. The molecule has 3 aliphatic rings. The number of hydrogen-bond donors (Lipinski definition) is 9. The molecule has 0 bridgehead atoms. The molecule has 1 amide bonds. The maximum atomic E-state index is 10.9. The molecule has 0 aromatic carbocycles. The molecule has 3 fully saturated rings. The number of hydrogen-bond acceptors (Lipinski definition) is 7. The Bertz CT molecular complexity index is 614. The summed E-state index contributed by atoms with van der Waals surface area (Å²) in [5.41, 5.74) is 3.21. The highest BCUT2D eigenvalue weighted by Crippen LogP contribution is 2.47. The van der Waals surface area contributed by atoms with Crippen LogP contribution in [-0.4, -0.2) is 80.5 Å². The van der Waals surface area contributed by atoms with Crippen molar-refractivity contribution in [3.05, 3.63) is 0 Å². The van der Waals surface area contributed by atoms with Gasteiger partial charge in [0.05, 0.1) is 18.1 Å². The van der Waals surface area contributed by atoms with E-state index < -0.39 is 41.8 Å². The highest BCUT2D eigenvalue weighted by atomic mass is 16.5. The summed E-state index contributed by atoms with van der Waals surface area (Å²) in [4.78, 5) is 12.3. The lowest BCUT2D eigenvalue weighted by molar-refractivity contribution is -0.259. The molecule has 0 radical (unpaired) electrons. The minimum Gasteiger partial charge on any atom is -0.447 e. The molecule has 2 unspecified atom stereocenters. The average molecular weight is 357 g/mol. The van der Waals surface area contributed by atoms with Crippen LogP contribution in [0.2, 0.25) is 0 Å². The lowest BCUT2D eigenvalue weighted by atomic mass is 9.85. The molecule has 0 aromatic heterocycles. The third-order valence-corrected chi connectivity index (χ3v) is 5.07. The lowest BCUT2D eigenvalue weighted by Gasteiger charge is -2.51. The normalized spacial score (nSPS) is 38.3. The molecule has 25 heavy (non-hydrogen) atoms. The molecule has 0 saturated carbocycles. The van der Waals surface area contributed by atoms with E-state index in [4.69, 9.17) is 21.3 Å². The Morgan fingerprint density at radius 2 is 2.08 bits per heavy atom. The highest BCUT2D eigenvalue weighted by molar-refractivity contribution is 5.87. The summed E-state index contributed by atoms with van der Waals surface area (Å²) in [5.74, 6) is -3.04. The van der Waals surface area contributed by atoms with Gasteiger partial charge in [0.15, 0.2) is 17.6 Å². The topological polar surface area (TPSA) is 200 Å². The molecular formula is C13H23N7O5. The number of ether oxygens (including phenoxy) is 1. The van der Waals surface area contributed by atoms with Crippen LogP contribution >= 0.6 is 0 Å². The van der Waals surface area contributed by atoms with Crippen LogP contribution in [0.25, 0.3) is 0 Å². The van der Waals surface area contributed by atoms with E-state index in [-0.39, 0.29) is 18.5 Å². The number of aliphatic hydroxyl groups excluding tert-OH is 1. The summed E-state index contributed by atoms with van der Waals surface area (Å²) in [7, 11) is 0. The van der Waals surface area contributed by atoms with E-state index in [0.29, 0.717) is 12.8 Å². The first-order valence-electron chi connectivity index (χ1n) is 7.99. The van der Waals surface area contributed by atoms with Gasteiger partial charge in [-0.15, -0.1) is 0 Å². The Morgan fingerprint density at radius 3 is 2.68 bits per heavy atom. The first-order chi connectivity index (χ1) is 11.7. The minimum atomic E-state index is -2.66. The number of carbonyl (C=O) groups excluding carboxylic acids is 1. The number of amides is 1. The molecule has 12 nitrogen and oxygen atoms in total. The predicted octanol–water partition coefficient (Wildman–Crippen LogP) is -3.29. The number of carbonyl (C=O) groups is 1. The van der Waals surface area contributed by atoms with Crippen LogP contribution in [0.4, 0.5) is 4.79 Å². The Balaban J connectivity index is 2.05. The van der Waals surface area contributed by atoms with E-state index in [9.17, 15) is 20.1 Å². The quantitative estimate of drug-likeness (QED) is 0.231.